The molecule has 0 spiro atoms. The van der Waals surface area contributed by atoms with Crippen molar-refractivity contribution in [3.05, 3.63) is 83.6 Å². The molecule has 0 amide bonds. The molecule has 2 aromatic carbocycles. The molecule has 2 N–H and O–H groups in total. The number of nitrogens with one attached hydrogen (secondary N) is 2. The van der Waals surface area contributed by atoms with E-state index in [2.05, 4.69) is 25.0 Å². The van der Waals surface area contributed by atoms with Crippen LogP contribution in [0.25, 0.3) is 16.9 Å². The summed E-state index contributed by atoms with van der Waals surface area (Å²) in [7, 11) is -3.88. The summed E-state index contributed by atoms with van der Waals surface area (Å²) in [5.41, 5.74) is 0.899. The number of hydrogen-bond donors (Lipinski definition) is 2. The van der Waals surface area contributed by atoms with Crippen LogP contribution in [0.15, 0.2) is 87.2 Å². The number of benzene rings is 2. The van der Waals surface area contributed by atoms with Crippen LogP contribution in [0.1, 0.15) is 0 Å². The number of H-pyrrole nitrogens is 1. The molecular formula is C20H14N6O5S. The van der Waals surface area contributed by atoms with Gasteiger partial charge in [0.25, 0.3) is 10.0 Å². The first-order valence-electron chi connectivity index (χ1n) is 9.24. The smallest absolute Gasteiger partial charge is 0.417 e. The molecule has 5 rings (SSSR count). The molecule has 0 radical (unpaired) electrons. The molecule has 0 saturated carbocycles. The molecule has 0 aliphatic carbocycles. The molecule has 0 aliphatic heterocycles. The van der Waals surface area contributed by atoms with Gasteiger partial charge < -0.3 is 9.15 Å². The van der Waals surface area contributed by atoms with Crippen molar-refractivity contribution in [2.24, 2.45) is 0 Å². The van der Waals surface area contributed by atoms with Gasteiger partial charge in [0.1, 0.15) is 5.75 Å². The van der Waals surface area contributed by atoms with Gasteiger partial charge in [-0.15, -0.1) is 10.2 Å². The van der Waals surface area contributed by atoms with Crippen molar-refractivity contribution >= 4 is 26.8 Å². The Morgan fingerprint density at radius 2 is 1.88 bits per heavy atom. The topological polar surface area (TPSA) is 145 Å². The third-order valence-corrected chi connectivity index (χ3v) is 5.77. The van der Waals surface area contributed by atoms with E-state index in [0.717, 1.165) is 0 Å². The van der Waals surface area contributed by atoms with Crippen LogP contribution in [-0.2, 0) is 10.0 Å². The predicted molar refractivity (Wildman–Crippen MR) is 113 cm³/mol. The van der Waals surface area contributed by atoms with Crippen LogP contribution in [0.3, 0.4) is 0 Å². The third-order valence-electron chi connectivity index (χ3n) is 4.39. The van der Waals surface area contributed by atoms with Crippen LogP contribution in [0.5, 0.6) is 11.6 Å². The molecule has 0 unspecified atom stereocenters. The van der Waals surface area contributed by atoms with E-state index in [1.807, 2.05) is 0 Å². The largest absolute Gasteiger partial charge is 0.438 e. The minimum absolute atomic E-state index is 0.0186. The molecule has 0 fully saturated rings. The van der Waals surface area contributed by atoms with Crippen LogP contribution in [-0.4, -0.2) is 33.4 Å². The molecule has 0 atom stereocenters. The predicted octanol–water partition coefficient (Wildman–Crippen LogP) is 2.69. The molecule has 12 heteroatoms. The molecule has 0 saturated heterocycles. The first-order valence-corrected chi connectivity index (χ1v) is 10.7. The van der Waals surface area contributed by atoms with E-state index < -0.39 is 15.8 Å². The first kappa shape index (κ1) is 19.5. The molecule has 3 heterocycles. The van der Waals surface area contributed by atoms with E-state index >= 15 is 0 Å². The maximum Gasteiger partial charge on any atom is 0.417 e. The molecule has 3 aromatic heterocycles. The Morgan fingerprint density at radius 3 is 2.59 bits per heavy atom. The Kier molecular flexibility index (Phi) is 4.67. The van der Waals surface area contributed by atoms with Crippen molar-refractivity contribution < 1.29 is 17.6 Å². The lowest BCUT2D eigenvalue weighted by Crippen LogP contribution is -2.12. The third kappa shape index (κ3) is 3.94. The fourth-order valence-corrected chi connectivity index (χ4v) is 4.00. The van der Waals surface area contributed by atoms with Gasteiger partial charge in [-0.25, -0.2) is 17.9 Å². The number of rotatable bonds is 6. The molecular weight excluding hydrogens is 436 g/mol. The maximum absolute atomic E-state index is 12.7. The van der Waals surface area contributed by atoms with Gasteiger partial charge in [-0.05, 0) is 54.6 Å². The number of ether oxygens (including phenoxy) is 1. The van der Waals surface area contributed by atoms with Gasteiger partial charge in [0.05, 0.1) is 10.4 Å². The van der Waals surface area contributed by atoms with E-state index in [9.17, 15) is 13.2 Å². The minimum atomic E-state index is -3.88. The second-order valence-electron chi connectivity index (χ2n) is 6.58. The highest BCUT2D eigenvalue weighted by Gasteiger charge is 2.16. The van der Waals surface area contributed by atoms with Crippen LogP contribution in [0.2, 0.25) is 0 Å². The summed E-state index contributed by atoms with van der Waals surface area (Å²) in [5, 5.41) is 12.1. The number of fused-ring (bicyclic) bond motifs is 1. The number of oxazole rings is 1. The van der Waals surface area contributed by atoms with E-state index in [-0.39, 0.29) is 16.4 Å². The Morgan fingerprint density at radius 1 is 1.03 bits per heavy atom. The normalized spacial score (nSPS) is 11.5. The molecule has 0 aliphatic rings. The lowest BCUT2D eigenvalue weighted by atomic mass is 10.3. The summed E-state index contributed by atoms with van der Waals surface area (Å²) in [5.74, 6) is 0.617. The van der Waals surface area contributed by atoms with Crippen molar-refractivity contribution in [3.63, 3.8) is 0 Å². The summed E-state index contributed by atoms with van der Waals surface area (Å²) in [4.78, 5) is 13.7. The first-order chi connectivity index (χ1) is 15.5. The number of anilines is 1. The average molecular weight is 450 g/mol. The SMILES string of the molecule is O=c1[nH]c2cc(S(=O)(=O)Nc3ccc(Oc4ccc(-n5cccn5)nn4)cc3)ccc2o1. The number of sulfonamides is 1. The average Bonchev–Trinajstić information content (AvgIpc) is 3.44. The van der Waals surface area contributed by atoms with Gasteiger partial charge in [0.15, 0.2) is 11.4 Å². The summed E-state index contributed by atoms with van der Waals surface area (Å²) >= 11 is 0. The van der Waals surface area contributed by atoms with Gasteiger partial charge >= 0.3 is 5.76 Å². The van der Waals surface area contributed by atoms with Crippen molar-refractivity contribution in [2.75, 3.05) is 4.72 Å². The fraction of sp³-hybridized carbons (Fsp3) is 0. The standard InChI is InChI=1S/C20H14N6O5S/c27-20-22-16-12-15(6-7-17(16)31-20)32(28,29)25-13-2-4-14(5-3-13)30-19-9-8-18(23-24-19)26-11-1-10-21-26/h1-12,25H,(H,22,27). The van der Waals surface area contributed by atoms with Gasteiger partial charge in [-0.1, -0.05) is 0 Å². The zero-order chi connectivity index (χ0) is 22.1. The highest BCUT2D eigenvalue weighted by molar-refractivity contribution is 7.92. The van der Waals surface area contributed by atoms with Gasteiger partial charge in [-0.2, -0.15) is 5.10 Å². The summed E-state index contributed by atoms with van der Waals surface area (Å²) < 4.78 is 39.9. The molecule has 160 valence electrons. The number of hydrogen-bond acceptors (Lipinski definition) is 8. The molecule has 5 aromatic rings. The lowest BCUT2D eigenvalue weighted by Gasteiger charge is -2.09. The number of aromatic amines is 1. The van der Waals surface area contributed by atoms with E-state index in [4.69, 9.17) is 9.15 Å². The maximum atomic E-state index is 12.7. The van der Waals surface area contributed by atoms with Crippen LogP contribution >= 0.6 is 0 Å². The van der Waals surface area contributed by atoms with Gasteiger partial charge in [0.2, 0.25) is 5.88 Å². The second-order valence-corrected chi connectivity index (χ2v) is 8.27. The van der Waals surface area contributed by atoms with Crippen molar-refractivity contribution in [1.82, 2.24) is 25.0 Å². The van der Waals surface area contributed by atoms with Crippen molar-refractivity contribution in [1.29, 1.82) is 0 Å². The van der Waals surface area contributed by atoms with E-state index in [0.29, 0.717) is 22.8 Å². The summed E-state index contributed by atoms with van der Waals surface area (Å²) in [6, 6.07) is 15.5. The quantitative estimate of drug-likeness (QED) is 0.402. The van der Waals surface area contributed by atoms with Crippen molar-refractivity contribution in [3.8, 4) is 17.4 Å². The fourth-order valence-electron chi connectivity index (χ4n) is 2.92. The van der Waals surface area contributed by atoms with Gasteiger partial charge in [0, 0.05) is 24.1 Å². The number of nitrogens with zero attached hydrogens (tertiary/aromatic N) is 4. The lowest BCUT2D eigenvalue weighted by molar-refractivity contribution is 0.454. The Hall–Kier alpha value is -4.45. The molecule has 11 nitrogen and oxygen atoms in total. The van der Waals surface area contributed by atoms with E-state index in [1.54, 1.807) is 59.5 Å². The Labute approximate surface area is 180 Å². The molecule has 32 heavy (non-hydrogen) atoms. The monoisotopic (exact) mass is 450 g/mol. The second kappa shape index (κ2) is 7.67. The van der Waals surface area contributed by atoms with Crippen LogP contribution in [0, 0.1) is 0 Å². The summed E-state index contributed by atoms with van der Waals surface area (Å²) in [6.45, 7) is 0. The summed E-state index contributed by atoms with van der Waals surface area (Å²) in [6.07, 6.45) is 3.38. The van der Waals surface area contributed by atoms with Crippen molar-refractivity contribution in [2.45, 2.75) is 4.90 Å². The Bertz CT molecular complexity index is 1540. The molecule has 0 bridgehead atoms. The van der Waals surface area contributed by atoms with E-state index in [1.165, 1.54) is 18.2 Å². The highest BCUT2D eigenvalue weighted by Crippen LogP contribution is 2.24. The Balaban J connectivity index is 1.29. The minimum Gasteiger partial charge on any atom is -0.438 e. The van der Waals surface area contributed by atoms with Gasteiger partial charge in [-0.3, -0.25) is 9.71 Å². The van der Waals surface area contributed by atoms with Crippen LogP contribution in [0.4, 0.5) is 5.69 Å². The zero-order valence-electron chi connectivity index (χ0n) is 16.2. The zero-order valence-corrected chi connectivity index (χ0v) is 17.0. The van der Waals surface area contributed by atoms with Crippen LogP contribution < -0.4 is 15.2 Å². The number of aromatic nitrogens is 5. The highest BCUT2D eigenvalue weighted by atomic mass is 32.2.